The minimum atomic E-state index is 0.664. The Labute approximate surface area is 60.9 Å². The molecule has 2 nitrogen and oxygen atoms in total. The average molecular weight is 136 g/mol. The van der Waals surface area contributed by atoms with Crippen molar-refractivity contribution in [1.82, 2.24) is 0 Å². The van der Waals surface area contributed by atoms with E-state index in [2.05, 4.69) is 6.92 Å². The smallest absolute Gasteiger partial charge is 0.0544 e. The van der Waals surface area contributed by atoms with E-state index in [1.807, 2.05) is 18.2 Å². The highest BCUT2D eigenvalue weighted by Crippen LogP contribution is 2.10. The minimum Gasteiger partial charge on any atom is -0.397 e. The second kappa shape index (κ2) is 2.60. The van der Waals surface area contributed by atoms with Crippen LogP contribution in [0.3, 0.4) is 0 Å². The van der Waals surface area contributed by atoms with Crippen molar-refractivity contribution in [3.8, 4) is 0 Å². The van der Waals surface area contributed by atoms with Crippen molar-refractivity contribution < 1.29 is 0 Å². The lowest BCUT2D eigenvalue weighted by atomic mass is 10.2. The Balaban J connectivity index is 2.90. The minimum absolute atomic E-state index is 0.664. The van der Waals surface area contributed by atoms with Gasteiger partial charge < -0.3 is 11.5 Å². The number of allylic oxidation sites excluding steroid dienone is 4. The largest absolute Gasteiger partial charge is 0.397 e. The van der Waals surface area contributed by atoms with Gasteiger partial charge in [0.25, 0.3) is 0 Å². The lowest BCUT2D eigenvalue weighted by molar-refractivity contribution is 1.17. The highest BCUT2D eigenvalue weighted by Gasteiger charge is 1.97. The summed E-state index contributed by atoms with van der Waals surface area (Å²) in [5, 5.41) is 0. The zero-order valence-corrected chi connectivity index (χ0v) is 6.09. The zero-order chi connectivity index (χ0) is 7.56. The molecular formula is C8H12N2. The molecule has 0 aliphatic heterocycles. The van der Waals surface area contributed by atoms with E-state index in [1.165, 1.54) is 5.57 Å². The predicted octanol–water partition coefficient (Wildman–Crippen LogP) is 1.02. The fraction of sp³-hybridized carbons (Fsp3) is 0.250. The number of nitrogens with two attached hydrogens (primary N) is 2. The van der Waals surface area contributed by atoms with Crippen LogP contribution in [0.4, 0.5) is 0 Å². The SMILES string of the molecule is CC1=CC=C(N)C(N)=CC1. The summed E-state index contributed by atoms with van der Waals surface area (Å²) in [4.78, 5) is 0. The van der Waals surface area contributed by atoms with Crippen molar-refractivity contribution in [1.29, 1.82) is 0 Å². The first-order valence-electron chi connectivity index (χ1n) is 3.29. The molecule has 1 aliphatic rings. The van der Waals surface area contributed by atoms with E-state index in [1.54, 1.807) is 0 Å². The Kier molecular flexibility index (Phi) is 1.81. The molecule has 0 aromatic heterocycles. The van der Waals surface area contributed by atoms with Crippen molar-refractivity contribution in [2.75, 3.05) is 0 Å². The van der Waals surface area contributed by atoms with Crippen LogP contribution < -0.4 is 11.5 Å². The molecule has 0 spiro atoms. The molecule has 0 unspecified atom stereocenters. The Morgan fingerprint density at radius 3 is 2.60 bits per heavy atom. The fourth-order valence-electron chi connectivity index (χ4n) is 0.785. The normalized spacial score (nSPS) is 18.7. The van der Waals surface area contributed by atoms with E-state index >= 15 is 0 Å². The topological polar surface area (TPSA) is 52.0 Å². The van der Waals surface area contributed by atoms with Gasteiger partial charge in [-0.05, 0) is 19.4 Å². The molecule has 1 aliphatic carbocycles. The molecule has 2 heteroatoms. The Morgan fingerprint density at radius 1 is 1.20 bits per heavy atom. The molecule has 0 aromatic rings. The standard InChI is InChI=1S/C8H12N2/c1-6-2-4-7(9)8(10)5-3-6/h2,4-5H,3,9-10H2,1H3. The van der Waals surface area contributed by atoms with Gasteiger partial charge in [0.1, 0.15) is 0 Å². The van der Waals surface area contributed by atoms with Crippen LogP contribution in [0.15, 0.2) is 35.2 Å². The molecule has 10 heavy (non-hydrogen) atoms. The molecule has 0 bridgehead atoms. The maximum Gasteiger partial charge on any atom is 0.0544 e. The second-order valence-corrected chi connectivity index (χ2v) is 2.50. The summed E-state index contributed by atoms with van der Waals surface area (Å²) in [6, 6.07) is 0. The lowest BCUT2D eigenvalue weighted by Crippen LogP contribution is -2.07. The van der Waals surface area contributed by atoms with Gasteiger partial charge in [0.15, 0.2) is 0 Å². The first-order valence-corrected chi connectivity index (χ1v) is 3.29. The third-order valence-electron chi connectivity index (χ3n) is 1.52. The fourth-order valence-corrected chi connectivity index (χ4v) is 0.785. The zero-order valence-electron chi connectivity index (χ0n) is 6.09. The molecule has 1 rings (SSSR count). The Hall–Kier alpha value is -1.18. The third kappa shape index (κ3) is 1.41. The van der Waals surface area contributed by atoms with E-state index in [0.717, 1.165) is 6.42 Å². The third-order valence-corrected chi connectivity index (χ3v) is 1.52. The lowest BCUT2D eigenvalue weighted by Gasteiger charge is -1.96. The summed E-state index contributed by atoms with van der Waals surface area (Å²) in [5.74, 6) is 0. The van der Waals surface area contributed by atoms with Crippen LogP contribution in [-0.4, -0.2) is 0 Å². The molecule has 0 saturated heterocycles. The van der Waals surface area contributed by atoms with Crippen molar-refractivity contribution in [3.05, 3.63) is 35.2 Å². The van der Waals surface area contributed by atoms with Gasteiger partial charge in [0.05, 0.1) is 11.4 Å². The van der Waals surface area contributed by atoms with E-state index in [9.17, 15) is 0 Å². The summed E-state index contributed by atoms with van der Waals surface area (Å²) >= 11 is 0. The predicted molar refractivity (Wildman–Crippen MR) is 42.9 cm³/mol. The van der Waals surface area contributed by atoms with Gasteiger partial charge in [0.2, 0.25) is 0 Å². The summed E-state index contributed by atoms with van der Waals surface area (Å²) < 4.78 is 0. The van der Waals surface area contributed by atoms with Gasteiger partial charge in [-0.1, -0.05) is 17.7 Å². The summed E-state index contributed by atoms with van der Waals surface area (Å²) in [6.07, 6.45) is 6.67. The van der Waals surface area contributed by atoms with Crippen molar-refractivity contribution in [3.63, 3.8) is 0 Å². The molecule has 0 radical (unpaired) electrons. The van der Waals surface area contributed by atoms with Gasteiger partial charge in [0, 0.05) is 0 Å². The first kappa shape index (κ1) is 6.93. The van der Waals surface area contributed by atoms with Crippen LogP contribution in [0.1, 0.15) is 13.3 Å². The van der Waals surface area contributed by atoms with E-state index in [4.69, 9.17) is 11.5 Å². The van der Waals surface area contributed by atoms with Crippen LogP contribution in [0.5, 0.6) is 0 Å². The molecule has 0 fully saturated rings. The van der Waals surface area contributed by atoms with Gasteiger partial charge >= 0.3 is 0 Å². The summed E-state index contributed by atoms with van der Waals surface area (Å²) in [6.45, 7) is 2.05. The molecule has 0 aromatic carbocycles. The van der Waals surface area contributed by atoms with Gasteiger partial charge in [-0.2, -0.15) is 0 Å². The summed E-state index contributed by atoms with van der Waals surface area (Å²) in [5.41, 5.74) is 13.8. The maximum absolute atomic E-state index is 5.57. The molecule has 4 N–H and O–H groups in total. The monoisotopic (exact) mass is 136 g/mol. The van der Waals surface area contributed by atoms with Crippen LogP contribution in [0, 0.1) is 0 Å². The molecule has 54 valence electrons. The van der Waals surface area contributed by atoms with E-state index in [0.29, 0.717) is 11.4 Å². The Morgan fingerprint density at radius 2 is 1.90 bits per heavy atom. The number of rotatable bonds is 0. The maximum atomic E-state index is 5.57. The second-order valence-electron chi connectivity index (χ2n) is 2.50. The van der Waals surface area contributed by atoms with Crippen LogP contribution in [-0.2, 0) is 0 Å². The highest BCUT2D eigenvalue weighted by atomic mass is 14.7. The van der Waals surface area contributed by atoms with Crippen molar-refractivity contribution in [2.24, 2.45) is 11.5 Å². The molecular weight excluding hydrogens is 124 g/mol. The van der Waals surface area contributed by atoms with E-state index < -0.39 is 0 Å². The number of hydrogen-bond acceptors (Lipinski definition) is 2. The first-order chi connectivity index (χ1) is 4.70. The van der Waals surface area contributed by atoms with Gasteiger partial charge in [-0.3, -0.25) is 0 Å². The van der Waals surface area contributed by atoms with Crippen LogP contribution in [0.25, 0.3) is 0 Å². The van der Waals surface area contributed by atoms with Gasteiger partial charge in [-0.15, -0.1) is 0 Å². The quantitative estimate of drug-likeness (QED) is 0.522. The van der Waals surface area contributed by atoms with Crippen LogP contribution in [0.2, 0.25) is 0 Å². The summed E-state index contributed by atoms with van der Waals surface area (Å²) in [7, 11) is 0. The Bertz CT molecular complexity index is 221. The van der Waals surface area contributed by atoms with Crippen LogP contribution >= 0.6 is 0 Å². The van der Waals surface area contributed by atoms with Gasteiger partial charge in [-0.25, -0.2) is 0 Å². The molecule has 0 heterocycles. The van der Waals surface area contributed by atoms with E-state index in [-0.39, 0.29) is 0 Å². The molecule has 0 saturated carbocycles. The number of hydrogen-bond donors (Lipinski definition) is 2. The molecule has 0 amide bonds. The van der Waals surface area contributed by atoms with Crippen molar-refractivity contribution >= 4 is 0 Å². The molecule has 0 atom stereocenters. The highest BCUT2D eigenvalue weighted by molar-refractivity contribution is 5.33. The van der Waals surface area contributed by atoms with Crippen molar-refractivity contribution in [2.45, 2.75) is 13.3 Å². The average Bonchev–Trinajstić information content (AvgIpc) is 2.04.